The van der Waals surface area contributed by atoms with Crippen molar-refractivity contribution in [2.24, 2.45) is 0 Å². The summed E-state index contributed by atoms with van der Waals surface area (Å²) in [5, 5.41) is 7.33. The van der Waals surface area contributed by atoms with Crippen molar-refractivity contribution in [3.63, 3.8) is 0 Å². The Morgan fingerprint density at radius 1 is 1.02 bits per heavy atom. The first-order chi connectivity index (χ1) is 19.2. The molecule has 0 aliphatic rings. The molecule has 0 saturated carbocycles. The fraction of sp³-hybridized carbons (Fsp3) is 0.172. The number of benzene rings is 3. The number of alkyl halides is 1. The maximum atomic E-state index is 14.6. The van der Waals surface area contributed by atoms with Crippen molar-refractivity contribution >= 4 is 43.8 Å². The normalized spacial score (nSPS) is 12.4. The van der Waals surface area contributed by atoms with Crippen molar-refractivity contribution < 1.29 is 22.0 Å². The van der Waals surface area contributed by atoms with Crippen LogP contribution in [0, 0.1) is 0 Å². The standard InChI is InChI=1S/C29H26ClFN4O4S/c1-40(36,37)14-13-32-17-22-9-12-26(38-22)20-7-10-25-23(15-20)29(34-18-33-25)35-21-8-11-27(24(30)16-21)39-28(31)19-5-3-2-4-6-19/h2-12,15-16,18,28,32H,13-14,17H2,1H3,(H,33,34,35). The van der Waals surface area contributed by atoms with Crippen LogP contribution < -0.4 is 15.4 Å². The number of furan rings is 1. The van der Waals surface area contributed by atoms with E-state index in [2.05, 4.69) is 20.6 Å². The molecule has 1 atom stereocenters. The van der Waals surface area contributed by atoms with Crippen molar-refractivity contribution in [2.75, 3.05) is 23.9 Å². The van der Waals surface area contributed by atoms with Gasteiger partial charge in [0, 0.05) is 35.0 Å². The molecule has 3 aromatic carbocycles. The van der Waals surface area contributed by atoms with Crippen LogP contribution in [0.3, 0.4) is 0 Å². The van der Waals surface area contributed by atoms with Gasteiger partial charge in [0.1, 0.15) is 39.3 Å². The van der Waals surface area contributed by atoms with Crippen LogP contribution in [0.1, 0.15) is 17.7 Å². The molecule has 0 fully saturated rings. The Morgan fingerprint density at radius 3 is 2.62 bits per heavy atom. The third kappa shape index (κ3) is 6.95. The highest BCUT2D eigenvalue weighted by atomic mass is 35.5. The first-order valence-corrected chi connectivity index (χ1v) is 14.8. The van der Waals surface area contributed by atoms with E-state index in [1.54, 1.807) is 48.5 Å². The molecule has 0 saturated heterocycles. The minimum Gasteiger partial charge on any atom is -0.460 e. The van der Waals surface area contributed by atoms with Gasteiger partial charge in [-0.2, -0.15) is 4.39 Å². The van der Waals surface area contributed by atoms with Crippen LogP contribution in [0.5, 0.6) is 5.75 Å². The zero-order chi connectivity index (χ0) is 28.1. The third-order valence-corrected chi connectivity index (χ3v) is 7.26. The summed E-state index contributed by atoms with van der Waals surface area (Å²) in [6, 6.07) is 22.9. The Labute approximate surface area is 236 Å². The van der Waals surface area contributed by atoms with Crippen LogP contribution in [0.15, 0.2) is 89.6 Å². The fourth-order valence-corrected chi connectivity index (χ4v) is 4.74. The van der Waals surface area contributed by atoms with Gasteiger partial charge in [0.05, 0.1) is 22.8 Å². The van der Waals surface area contributed by atoms with E-state index in [-0.39, 0.29) is 16.5 Å². The summed E-state index contributed by atoms with van der Waals surface area (Å²) >= 11 is 6.41. The molecule has 2 heterocycles. The summed E-state index contributed by atoms with van der Waals surface area (Å²) in [7, 11) is -3.02. The number of aromatic nitrogens is 2. The molecule has 0 bridgehead atoms. The summed E-state index contributed by atoms with van der Waals surface area (Å²) in [4.78, 5) is 8.76. The second kappa shape index (κ2) is 12.0. The Morgan fingerprint density at radius 2 is 1.85 bits per heavy atom. The first kappa shape index (κ1) is 27.6. The fourth-order valence-electron chi connectivity index (χ4n) is 4.00. The van der Waals surface area contributed by atoms with Crippen LogP contribution in [-0.4, -0.2) is 36.9 Å². The van der Waals surface area contributed by atoms with Crippen LogP contribution in [-0.2, 0) is 16.4 Å². The number of rotatable bonds is 11. The molecule has 2 aromatic heterocycles. The van der Waals surface area contributed by atoms with E-state index in [0.29, 0.717) is 41.7 Å². The minimum absolute atomic E-state index is 0.0615. The highest BCUT2D eigenvalue weighted by Gasteiger charge is 2.15. The van der Waals surface area contributed by atoms with E-state index in [4.69, 9.17) is 20.8 Å². The summed E-state index contributed by atoms with van der Waals surface area (Å²) in [5.74, 6) is 2.18. The number of hydrogen-bond acceptors (Lipinski definition) is 8. The van der Waals surface area contributed by atoms with Gasteiger partial charge in [-0.3, -0.25) is 0 Å². The van der Waals surface area contributed by atoms with E-state index in [1.807, 2.05) is 30.3 Å². The summed E-state index contributed by atoms with van der Waals surface area (Å²) in [5.41, 5.74) is 2.59. The molecular weight excluding hydrogens is 555 g/mol. The van der Waals surface area contributed by atoms with E-state index in [9.17, 15) is 12.8 Å². The molecule has 0 aliphatic carbocycles. The van der Waals surface area contributed by atoms with Crippen molar-refractivity contribution in [2.45, 2.75) is 12.9 Å². The van der Waals surface area contributed by atoms with Crippen molar-refractivity contribution in [3.05, 3.63) is 102 Å². The zero-order valence-electron chi connectivity index (χ0n) is 21.5. The number of nitrogens with zero attached hydrogens (tertiary/aromatic N) is 2. The quantitative estimate of drug-likeness (QED) is 0.171. The largest absolute Gasteiger partial charge is 0.460 e. The van der Waals surface area contributed by atoms with Gasteiger partial charge in [0.15, 0.2) is 0 Å². The highest BCUT2D eigenvalue weighted by Crippen LogP contribution is 2.34. The van der Waals surface area contributed by atoms with E-state index < -0.39 is 16.2 Å². The summed E-state index contributed by atoms with van der Waals surface area (Å²) in [6.07, 6.45) is 1.02. The molecule has 0 radical (unpaired) electrons. The van der Waals surface area contributed by atoms with Crippen molar-refractivity contribution in [1.29, 1.82) is 0 Å². The molecule has 5 aromatic rings. The molecule has 1 unspecified atom stereocenters. The Kier molecular flexibility index (Phi) is 8.29. The maximum absolute atomic E-state index is 14.6. The third-order valence-electron chi connectivity index (χ3n) is 6.02. The summed E-state index contributed by atoms with van der Waals surface area (Å²) < 4.78 is 48.6. The topological polar surface area (TPSA) is 106 Å². The number of halogens is 2. The van der Waals surface area contributed by atoms with Crippen LogP contribution >= 0.6 is 11.6 Å². The Balaban J connectivity index is 1.31. The van der Waals surface area contributed by atoms with Gasteiger partial charge < -0.3 is 19.8 Å². The van der Waals surface area contributed by atoms with E-state index >= 15 is 0 Å². The van der Waals surface area contributed by atoms with Crippen molar-refractivity contribution in [3.8, 4) is 17.1 Å². The molecule has 8 nitrogen and oxygen atoms in total. The number of sulfone groups is 1. The van der Waals surface area contributed by atoms with Crippen LogP contribution in [0.2, 0.25) is 5.02 Å². The molecule has 0 spiro atoms. The van der Waals surface area contributed by atoms with E-state index in [1.165, 1.54) is 12.6 Å². The number of nitrogens with one attached hydrogen (secondary N) is 2. The SMILES string of the molecule is CS(=O)(=O)CCNCc1ccc(-c2ccc3ncnc(Nc4ccc(OC(F)c5ccccc5)c(Cl)c4)c3c2)o1. The lowest BCUT2D eigenvalue weighted by molar-refractivity contribution is 0.0673. The minimum atomic E-state index is -3.02. The predicted molar refractivity (Wildman–Crippen MR) is 154 cm³/mol. The molecule has 0 aliphatic heterocycles. The molecule has 206 valence electrons. The number of anilines is 2. The molecule has 0 amide bonds. The Hall–Kier alpha value is -3.99. The molecule has 40 heavy (non-hydrogen) atoms. The van der Waals surface area contributed by atoms with E-state index in [0.717, 1.165) is 16.5 Å². The number of fused-ring (bicyclic) bond motifs is 1. The molecular formula is C29H26ClFN4O4S. The van der Waals surface area contributed by atoms with Crippen molar-refractivity contribution in [1.82, 2.24) is 15.3 Å². The highest BCUT2D eigenvalue weighted by molar-refractivity contribution is 7.90. The van der Waals surface area contributed by atoms with Gasteiger partial charge in [-0.15, -0.1) is 0 Å². The predicted octanol–water partition coefficient (Wildman–Crippen LogP) is 6.47. The van der Waals surface area contributed by atoms with Gasteiger partial charge in [-0.1, -0.05) is 41.9 Å². The molecule has 11 heteroatoms. The van der Waals surface area contributed by atoms with Gasteiger partial charge in [0.25, 0.3) is 6.36 Å². The first-order valence-electron chi connectivity index (χ1n) is 12.4. The average Bonchev–Trinajstić information content (AvgIpc) is 3.41. The van der Waals surface area contributed by atoms with Gasteiger partial charge >= 0.3 is 0 Å². The van der Waals surface area contributed by atoms with Crippen LogP contribution in [0.25, 0.3) is 22.2 Å². The second-order valence-corrected chi connectivity index (χ2v) is 11.8. The molecule has 5 rings (SSSR count). The van der Waals surface area contributed by atoms with Gasteiger partial charge in [-0.25, -0.2) is 18.4 Å². The lowest BCUT2D eigenvalue weighted by atomic mass is 10.1. The molecule has 2 N–H and O–H groups in total. The number of hydrogen-bond donors (Lipinski definition) is 2. The summed E-state index contributed by atoms with van der Waals surface area (Å²) in [6.45, 7) is 0.754. The maximum Gasteiger partial charge on any atom is 0.264 e. The number of ether oxygens (including phenoxy) is 1. The van der Waals surface area contributed by atoms with Gasteiger partial charge in [0.2, 0.25) is 0 Å². The average molecular weight is 581 g/mol. The lowest BCUT2D eigenvalue weighted by Gasteiger charge is -2.14. The van der Waals surface area contributed by atoms with Gasteiger partial charge in [-0.05, 0) is 48.5 Å². The smallest absolute Gasteiger partial charge is 0.264 e. The second-order valence-electron chi connectivity index (χ2n) is 9.14. The zero-order valence-corrected chi connectivity index (χ0v) is 23.0. The van der Waals surface area contributed by atoms with Crippen LogP contribution in [0.4, 0.5) is 15.9 Å². The monoisotopic (exact) mass is 580 g/mol. The lowest BCUT2D eigenvalue weighted by Crippen LogP contribution is -2.21. The Bertz CT molecular complexity index is 1730.